The van der Waals surface area contributed by atoms with E-state index in [-0.39, 0.29) is 23.6 Å². The van der Waals surface area contributed by atoms with E-state index in [1.165, 1.54) is 16.8 Å². The van der Waals surface area contributed by atoms with E-state index in [2.05, 4.69) is 15.4 Å². The van der Waals surface area contributed by atoms with Gasteiger partial charge in [-0.1, -0.05) is 0 Å². The highest BCUT2D eigenvalue weighted by Gasteiger charge is 2.15. The minimum absolute atomic E-state index is 0.0191. The number of halogens is 1. The topological polar surface area (TPSA) is 59.8 Å². The van der Waals surface area contributed by atoms with E-state index < -0.39 is 0 Å². The molecule has 0 aliphatic carbocycles. The maximum atomic E-state index is 12.9. The van der Waals surface area contributed by atoms with Crippen LogP contribution in [0.25, 0.3) is 5.69 Å². The largest absolute Gasteiger partial charge is 0.347 e. The molecule has 5 nitrogen and oxygen atoms in total. The number of carbonyl (C=O) groups excluding carboxylic acids is 1. The molecule has 1 aromatic carbocycles. The molecule has 0 aliphatic heterocycles. The molecule has 0 fully saturated rings. The van der Waals surface area contributed by atoms with E-state index in [0.717, 1.165) is 0 Å². The van der Waals surface area contributed by atoms with Crippen LogP contribution in [0.1, 0.15) is 30.3 Å². The van der Waals surface area contributed by atoms with Crippen LogP contribution in [0, 0.1) is 12.7 Å². The Kier molecular flexibility index (Phi) is 3.59. The summed E-state index contributed by atoms with van der Waals surface area (Å²) < 4.78 is 14.4. The second-order valence-corrected chi connectivity index (χ2v) is 4.50. The fraction of sp³-hybridized carbons (Fsp3) is 0.308. The number of aromatic nitrogens is 3. The third-order valence-electron chi connectivity index (χ3n) is 2.46. The van der Waals surface area contributed by atoms with Crippen LogP contribution in [0.4, 0.5) is 4.39 Å². The number of benzene rings is 1. The Balaban J connectivity index is 2.31. The zero-order valence-electron chi connectivity index (χ0n) is 11.0. The summed E-state index contributed by atoms with van der Waals surface area (Å²) in [6.07, 6.45) is 0. The summed E-state index contributed by atoms with van der Waals surface area (Å²) >= 11 is 0. The normalized spacial score (nSPS) is 10.8. The molecule has 2 rings (SSSR count). The van der Waals surface area contributed by atoms with Crippen LogP contribution < -0.4 is 5.32 Å². The third-order valence-corrected chi connectivity index (χ3v) is 2.46. The molecule has 0 bridgehead atoms. The molecule has 2 aromatic rings. The second kappa shape index (κ2) is 5.17. The van der Waals surface area contributed by atoms with Crippen LogP contribution in [0.3, 0.4) is 0 Å². The predicted molar refractivity (Wildman–Crippen MR) is 68.7 cm³/mol. The number of rotatable bonds is 3. The standard InChI is InChI=1S/C13H15FN4O/c1-8(2)15-13(19)12-16-9(3)18(17-12)11-6-4-10(14)5-7-11/h4-8H,1-3H3,(H,15,19). The van der Waals surface area contributed by atoms with E-state index in [0.29, 0.717) is 11.5 Å². The van der Waals surface area contributed by atoms with Crippen LogP contribution in [0.15, 0.2) is 24.3 Å². The van der Waals surface area contributed by atoms with Gasteiger partial charge in [0, 0.05) is 6.04 Å². The van der Waals surface area contributed by atoms with Crippen LogP contribution in [-0.4, -0.2) is 26.7 Å². The molecule has 6 heteroatoms. The number of nitrogens with zero attached hydrogens (tertiary/aromatic N) is 3. The molecule has 1 heterocycles. The van der Waals surface area contributed by atoms with E-state index in [1.54, 1.807) is 19.1 Å². The Morgan fingerprint density at radius 1 is 1.32 bits per heavy atom. The van der Waals surface area contributed by atoms with E-state index in [1.807, 2.05) is 13.8 Å². The molecular weight excluding hydrogens is 247 g/mol. The molecule has 0 spiro atoms. The summed E-state index contributed by atoms with van der Waals surface area (Å²) in [5.41, 5.74) is 0.662. The van der Waals surface area contributed by atoms with Gasteiger partial charge in [-0.05, 0) is 45.0 Å². The summed E-state index contributed by atoms with van der Waals surface area (Å²) in [6, 6.07) is 5.86. The van der Waals surface area contributed by atoms with Gasteiger partial charge in [-0.2, -0.15) is 0 Å². The molecule has 0 aliphatic rings. The van der Waals surface area contributed by atoms with Crippen molar-refractivity contribution >= 4 is 5.91 Å². The lowest BCUT2D eigenvalue weighted by Gasteiger charge is -2.04. The van der Waals surface area contributed by atoms with Gasteiger partial charge in [-0.25, -0.2) is 14.1 Å². The Labute approximate surface area is 110 Å². The zero-order chi connectivity index (χ0) is 14.0. The number of hydrogen-bond acceptors (Lipinski definition) is 3. The Hall–Kier alpha value is -2.24. The monoisotopic (exact) mass is 262 g/mol. The van der Waals surface area contributed by atoms with Gasteiger partial charge in [0.05, 0.1) is 5.69 Å². The first-order valence-electron chi connectivity index (χ1n) is 5.98. The van der Waals surface area contributed by atoms with Crippen molar-refractivity contribution in [2.24, 2.45) is 0 Å². The third kappa shape index (κ3) is 2.96. The molecule has 0 saturated carbocycles. The molecule has 0 atom stereocenters. The first-order chi connectivity index (χ1) is 8.97. The smallest absolute Gasteiger partial charge is 0.291 e. The molecular formula is C13H15FN4O. The lowest BCUT2D eigenvalue weighted by molar-refractivity contribution is 0.0932. The highest BCUT2D eigenvalue weighted by molar-refractivity contribution is 5.90. The predicted octanol–water partition coefficient (Wildman–Crippen LogP) is 1.85. The number of hydrogen-bond donors (Lipinski definition) is 1. The molecule has 0 saturated heterocycles. The van der Waals surface area contributed by atoms with Crippen molar-refractivity contribution in [1.29, 1.82) is 0 Å². The fourth-order valence-electron chi connectivity index (χ4n) is 1.64. The van der Waals surface area contributed by atoms with Gasteiger partial charge in [0.25, 0.3) is 5.91 Å². The summed E-state index contributed by atoms with van der Waals surface area (Å²) in [4.78, 5) is 15.9. The molecule has 100 valence electrons. The van der Waals surface area contributed by atoms with Crippen molar-refractivity contribution in [1.82, 2.24) is 20.1 Å². The van der Waals surface area contributed by atoms with Crippen LogP contribution in [0.5, 0.6) is 0 Å². The molecule has 1 amide bonds. The number of carbonyl (C=O) groups is 1. The molecule has 1 aromatic heterocycles. The van der Waals surface area contributed by atoms with Gasteiger partial charge in [0.1, 0.15) is 11.6 Å². The number of amides is 1. The summed E-state index contributed by atoms with van der Waals surface area (Å²) in [5.74, 6) is 0.0364. The van der Waals surface area contributed by atoms with Gasteiger partial charge in [0.15, 0.2) is 0 Å². The van der Waals surface area contributed by atoms with Gasteiger partial charge < -0.3 is 5.32 Å². The van der Waals surface area contributed by atoms with Gasteiger partial charge in [-0.3, -0.25) is 4.79 Å². The molecule has 19 heavy (non-hydrogen) atoms. The lowest BCUT2D eigenvalue weighted by Crippen LogP contribution is -2.31. The summed E-state index contributed by atoms with van der Waals surface area (Å²) in [5, 5.41) is 6.86. The summed E-state index contributed by atoms with van der Waals surface area (Å²) in [6.45, 7) is 5.46. The lowest BCUT2D eigenvalue weighted by atomic mass is 10.3. The Bertz CT molecular complexity index is 589. The Morgan fingerprint density at radius 2 is 1.95 bits per heavy atom. The average Bonchev–Trinajstić information content (AvgIpc) is 2.72. The van der Waals surface area contributed by atoms with Crippen molar-refractivity contribution in [3.63, 3.8) is 0 Å². The van der Waals surface area contributed by atoms with Crippen molar-refractivity contribution in [3.8, 4) is 5.69 Å². The maximum Gasteiger partial charge on any atom is 0.291 e. The Morgan fingerprint density at radius 3 is 2.53 bits per heavy atom. The first-order valence-corrected chi connectivity index (χ1v) is 5.98. The first kappa shape index (κ1) is 13.2. The number of nitrogens with one attached hydrogen (secondary N) is 1. The highest BCUT2D eigenvalue weighted by atomic mass is 19.1. The average molecular weight is 262 g/mol. The van der Waals surface area contributed by atoms with E-state index in [9.17, 15) is 9.18 Å². The van der Waals surface area contributed by atoms with Crippen LogP contribution in [0.2, 0.25) is 0 Å². The number of aryl methyl sites for hydroxylation is 1. The SMILES string of the molecule is Cc1nc(C(=O)NC(C)C)nn1-c1ccc(F)cc1. The zero-order valence-corrected chi connectivity index (χ0v) is 11.0. The van der Waals surface area contributed by atoms with E-state index in [4.69, 9.17) is 0 Å². The quantitative estimate of drug-likeness (QED) is 0.918. The van der Waals surface area contributed by atoms with Gasteiger partial charge in [-0.15, -0.1) is 5.10 Å². The van der Waals surface area contributed by atoms with Crippen molar-refractivity contribution in [2.75, 3.05) is 0 Å². The fourth-order valence-corrected chi connectivity index (χ4v) is 1.64. The van der Waals surface area contributed by atoms with Crippen molar-refractivity contribution in [2.45, 2.75) is 26.8 Å². The highest BCUT2D eigenvalue weighted by Crippen LogP contribution is 2.10. The molecule has 1 N–H and O–H groups in total. The van der Waals surface area contributed by atoms with E-state index >= 15 is 0 Å². The molecule has 0 unspecified atom stereocenters. The minimum atomic E-state index is -0.320. The second-order valence-electron chi connectivity index (χ2n) is 4.50. The maximum absolute atomic E-state index is 12.9. The van der Waals surface area contributed by atoms with Gasteiger partial charge in [0.2, 0.25) is 5.82 Å². The summed E-state index contributed by atoms with van der Waals surface area (Å²) in [7, 11) is 0. The minimum Gasteiger partial charge on any atom is -0.347 e. The van der Waals surface area contributed by atoms with Crippen molar-refractivity contribution in [3.05, 3.63) is 41.7 Å². The van der Waals surface area contributed by atoms with Crippen LogP contribution >= 0.6 is 0 Å². The van der Waals surface area contributed by atoms with Crippen LogP contribution in [-0.2, 0) is 0 Å². The van der Waals surface area contributed by atoms with Crippen molar-refractivity contribution < 1.29 is 9.18 Å². The van der Waals surface area contributed by atoms with Gasteiger partial charge >= 0.3 is 0 Å². The molecule has 0 radical (unpaired) electrons.